The molecule has 1 aromatic carbocycles. The molecule has 1 saturated heterocycles. The predicted octanol–water partition coefficient (Wildman–Crippen LogP) is 5.85. The number of halogens is 3. The molecule has 4 rings (SSSR count). The molecule has 0 unspecified atom stereocenters. The first-order valence-electron chi connectivity index (χ1n) is 12.7. The number of aromatic nitrogens is 3. The lowest BCUT2D eigenvalue weighted by molar-refractivity contribution is -0.137. The SMILES string of the molecule is CC.CC.FC(F)(F)c1cccc(/C=N/Nc2cc(N3CCOCC3)nc(OCCc3ccccn3)n2)c1. The molecular formula is C27H35F3N6O2. The van der Waals surface area contributed by atoms with Crippen LogP contribution in [0.5, 0.6) is 6.01 Å². The van der Waals surface area contributed by atoms with Crippen LogP contribution in [0.3, 0.4) is 0 Å². The highest BCUT2D eigenvalue weighted by molar-refractivity contribution is 5.80. The van der Waals surface area contributed by atoms with Gasteiger partial charge in [-0.25, -0.2) is 0 Å². The number of ether oxygens (including phenoxy) is 2. The second-order valence-electron chi connectivity index (χ2n) is 7.41. The average molecular weight is 533 g/mol. The predicted molar refractivity (Wildman–Crippen MR) is 144 cm³/mol. The second-order valence-corrected chi connectivity index (χ2v) is 7.41. The normalized spacial score (nSPS) is 13.2. The number of morpholine rings is 1. The van der Waals surface area contributed by atoms with Gasteiger partial charge in [0.1, 0.15) is 5.82 Å². The Hall–Kier alpha value is -3.73. The van der Waals surface area contributed by atoms with Crippen LogP contribution in [0, 0.1) is 0 Å². The van der Waals surface area contributed by atoms with Gasteiger partial charge in [-0.2, -0.15) is 28.2 Å². The third-order valence-electron chi connectivity index (χ3n) is 4.95. The molecule has 8 nitrogen and oxygen atoms in total. The van der Waals surface area contributed by atoms with Gasteiger partial charge in [0.2, 0.25) is 0 Å². The number of nitrogens with zero attached hydrogens (tertiary/aromatic N) is 5. The van der Waals surface area contributed by atoms with Gasteiger partial charge >= 0.3 is 12.2 Å². The summed E-state index contributed by atoms with van der Waals surface area (Å²) in [5.41, 5.74) is 3.21. The van der Waals surface area contributed by atoms with Gasteiger partial charge in [0.25, 0.3) is 0 Å². The Labute approximate surface area is 221 Å². The maximum absolute atomic E-state index is 12.9. The van der Waals surface area contributed by atoms with E-state index in [1.807, 2.05) is 50.8 Å². The van der Waals surface area contributed by atoms with Gasteiger partial charge in [0.05, 0.1) is 31.6 Å². The van der Waals surface area contributed by atoms with Crippen molar-refractivity contribution >= 4 is 17.9 Å². The van der Waals surface area contributed by atoms with E-state index in [1.165, 1.54) is 18.3 Å². The Bertz CT molecular complexity index is 1110. The Balaban J connectivity index is 0.00000121. The second kappa shape index (κ2) is 16.2. The van der Waals surface area contributed by atoms with Gasteiger partial charge in [-0.1, -0.05) is 45.9 Å². The number of alkyl halides is 3. The first-order chi connectivity index (χ1) is 18.5. The van der Waals surface area contributed by atoms with E-state index in [2.05, 4.69) is 25.5 Å². The standard InChI is InChI=1S/C23H23F3N6O2.2C2H6/c24-23(25,26)18-5-3-4-17(14-18)16-28-31-20-15-21(32-9-12-33-13-10-32)30-22(29-20)34-11-7-19-6-1-2-8-27-19;2*1-2/h1-6,8,14-16H,7,9-13H2,(H,29,30,31);2*1-2H3/b28-16+;;. The molecule has 0 amide bonds. The minimum atomic E-state index is -4.42. The molecule has 0 saturated carbocycles. The summed E-state index contributed by atoms with van der Waals surface area (Å²) in [6.07, 6.45) is -0.816. The molecule has 3 aromatic rings. The molecule has 0 radical (unpaired) electrons. The fraction of sp³-hybridized carbons (Fsp3) is 0.407. The van der Waals surface area contributed by atoms with E-state index < -0.39 is 11.7 Å². The topological polar surface area (TPSA) is 84.8 Å². The quantitative estimate of drug-likeness (QED) is 0.288. The van der Waals surface area contributed by atoms with Crippen LogP contribution in [-0.2, 0) is 17.3 Å². The van der Waals surface area contributed by atoms with E-state index in [0.717, 1.165) is 17.8 Å². The van der Waals surface area contributed by atoms with E-state index in [4.69, 9.17) is 9.47 Å². The molecule has 0 atom stereocenters. The summed E-state index contributed by atoms with van der Waals surface area (Å²) >= 11 is 0. The molecular weight excluding hydrogens is 497 g/mol. The van der Waals surface area contributed by atoms with Crippen molar-refractivity contribution in [2.45, 2.75) is 40.3 Å². The van der Waals surface area contributed by atoms with E-state index in [-0.39, 0.29) is 6.01 Å². The van der Waals surface area contributed by atoms with Crippen LogP contribution in [0.2, 0.25) is 0 Å². The van der Waals surface area contributed by atoms with Gasteiger partial charge in [0, 0.05) is 37.5 Å². The summed E-state index contributed by atoms with van der Waals surface area (Å²) < 4.78 is 49.9. The van der Waals surface area contributed by atoms with E-state index in [9.17, 15) is 13.2 Å². The third kappa shape index (κ3) is 9.97. The number of benzene rings is 1. The van der Waals surface area contributed by atoms with Gasteiger partial charge in [0.15, 0.2) is 5.82 Å². The highest BCUT2D eigenvalue weighted by Crippen LogP contribution is 2.29. The maximum Gasteiger partial charge on any atom is 0.416 e. The van der Waals surface area contributed by atoms with Crippen LogP contribution in [0.4, 0.5) is 24.8 Å². The lowest BCUT2D eigenvalue weighted by Gasteiger charge is -2.28. The van der Waals surface area contributed by atoms with Crippen molar-refractivity contribution in [2.24, 2.45) is 5.10 Å². The Kier molecular flexibility index (Phi) is 13.0. The molecule has 3 heterocycles. The van der Waals surface area contributed by atoms with Crippen molar-refractivity contribution in [2.75, 3.05) is 43.2 Å². The minimum Gasteiger partial charge on any atom is -0.463 e. The van der Waals surface area contributed by atoms with Crippen molar-refractivity contribution in [3.63, 3.8) is 0 Å². The van der Waals surface area contributed by atoms with Crippen molar-refractivity contribution in [3.8, 4) is 6.01 Å². The molecule has 1 aliphatic heterocycles. The molecule has 0 bridgehead atoms. The van der Waals surface area contributed by atoms with E-state index in [1.54, 1.807) is 12.3 Å². The van der Waals surface area contributed by atoms with Gasteiger partial charge in [-0.05, 0) is 29.8 Å². The van der Waals surface area contributed by atoms with Crippen molar-refractivity contribution in [1.82, 2.24) is 15.0 Å². The number of rotatable bonds is 8. The molecule has 1 N–H and O–H groups in total. The van der Waals surface area contributed by atoms with E-state index >= 15 is 0 Å². The van der Waals surface area contributed by atoms with Crippen molar-refractivity contribution in [3.05, 3.63) is 71.5 Å². The zero-order valence-corrected chi connectivity index (χ0v) is 22.2. The van der Waals surface area contributed by atoms with Crippen LogP contribution in [0.15, 0.2) is 59.8 Å². The first kappa shape index (κ1) is 30.5. The fourth-order valence-electron chi connectivity index (χ4n) is 3.25. The lowest BCUT2D eigenvalue weighted by Crippen LogP contribution is -2.36. The number of pyridine rings is 1. The highest BCUT2D eigenvalue weighted by atomic mass is 19.4. The zero-order chi connectivity index (χ0) is 27.8. The average Bonchev–Trinajstić information content (AvgIpc) is 2.96. The van der Waals surface area contributed by atoms with Crippen LogP contribution >= 0.6 is 0 Å². The number of hydrogen-bond donors (Lipinski definition) is 1. The molecule has 206 valence electrons. The monoisotopic (exact) mass is 532 g/mol. The molecule has 2 aromatic heterocycles. The molecule has 1 aliphatic rings. The molecule has 38 heavy (non-hydrogen) atoms. The van der Waals surface area contributed by atoms with Gasteiger partial charge in [-0.3, -0.25) is 10.4 Å². The summed E-state index contributed by atoms with van der Waals surface area (Å²) in [5, 5.41) is 4.05. The van der Waals surface area contributed by atoms with Crippen LogP contribution in [-0.4, -0.2) is 54.1 Å². The summed E-state index contributed by atoms with van der Waals surface area (Å²) in [5.74, 6) is 0.996. The number of anilines is 2. The Morgan fingerprint density at radius 1 is 1.03 bits per heavy atom. The number of hydrazone groups is 1. The minimum absolute atomic E-state index is 0.164. The maximum atomic E-state index is 12.9. The molecule has 1 fully saturated rings. The van der Waals surface area contributed by atoms with E-state index in [0.29, 0.717) is 56.5 Å². The van der Waals surface area contributed by atoms with Crippen LogP contribution in [0.25, 0.3) is 0 Å². The smallest absolute Gasteiger partial charge is 0.416 e. The fourth-order valence-corrected chi connectivity index (χ4v) is 3.25. The highest BCUT2D eigenvalue weighted by Gasteiger charge is 2.30. The summed E-state index contributed by atoms with van der Waals surface area (Å²) in [4.78, 5) is 15.1. The van der Waals surface area contributed by atoms with Crippen LogP contribution < -0.4 is 15.1 Å². The molecule has 0 spiro atoms. The van der Waals surface area contributed by atoms with Crippen molar-refractivity contribution in [1.29, 1.82) is 0 Å². The number of hydrogen-bond acceptors (Lipinski definition) is 8. The summed E-state index contributed by atoms with van der Waals surface area (Å²) in [6, 6.07) is 12.4. The third-order valence-corrected chi connectivity index (χ3v) is 4.95. The van der Waals surface area contributed by atoms with Gasteiger partial charge < -0.3 is 14.4 Å². The molecule has 0 aliphatic carbocycles. The summed E-state index contributed by atoms with van der Waals surface area (Å²) in [7, 11) is 0. The Morgan fingerprint density at radius 2 is 1.79 bits per heavy atom. The molecule has 11 heteroatoms. The Morgan fingerprint density at radius 3 is 2.47 bits per heavy atom. The first-order valence-corrected chi connectivity index (χ1v) is 12.7. The lowest BCUT2D eigenvalue weighted by atomic mass is 10.1. The van der Waals surface area contributed by atoms with Crippen molar-refractivity contribution < 1.29 is 22.6 Å². The van der Waals surface area contributed by atoms with Crippen LogP contribution in [0.1, 0.15) is 44.5 Å². The zero-order valence-electron chi connectivity index (χ0n) is 22.2. The number of nitrogens with one attached hydrogen (secondary N) is 1. The largest absolute Gasteiger partial charge is 0.463 e. The summed E-state index contributed by atoms with van der Waals surface area (Å²) in [6.45, 7) is 10.8. The van der Waals surface area contributed by atoms with Gasteiger partial charge in [-0.15, -0.1) is 0 Å².